The first-order valence-electron chi connectivity index (χ1n) is 5.16. The van der Waals surface area contributed by atoms with E-state index in [0.717, 1.165) is 24.6 Å². The van der Waals surface area contributed by atoms with Crippen molar-refractivity contribution >= 4 is 17.2 Å². The van der Waals surface area contributed by atoms with E-state index >= 15 is 0 Å². The molecule has 1 atom stereocenters. The predicted octanol–water partition coefficient (Wildman–Crippen LogP) is 1.04. The first-order valence-corrected chi connectivity index (χ1v) is 5.54. The van der Waals surface area contributed by atoms with Crippen molar-refractivity contribution in [3.05, 3.63) is 29.2 Å². The average molecular weight is 239 g/mol. The molecule has 1 N–H and O–H groups in total. The minimum atomic E-state index is 0.0854. The van der Waals surface area contributed by atoms with Crippen molar-refractivity contribution in [2.75, 3.05) is 19.8 Å². The van der Waals surface area contributed by atoms with Crippen LogP contribution < -0.4 is 5.32 Å². The highest BCUT2D eigenvalue weighted by Gasteiger charge is 2.20. The molecule has 1 unspecified atom stereocenters. The zero-order valence-corrected chi connectivity index (χ0v) is 9.31. The van der Waals surface area contributed by atoms with Crippen LogP contribution >= 0.6 is 11.6 Å². The van der Waals surface area contributed by atoms with E-state index in [1.54, 1.807) is 6.07 Å². The van der Waals surface area contributed by atoms with Gasteiger partial charge in [0.15, 0.2) is 11.5 Å². The molecule has 0 bridgehead atoms. The monoisotopic (exact) mass is 238 g/mol. The van der Waals surface area contributed by atoms with E-state index in [1.165, 1.54) is 0 Å². The maximum Gasteiger partial charge on any atom is 0.160 e. The molecule has 0 saturated carbocycles. The number of nitrogens with one attached hydrogen (secondary N) is 1. The van der Waals surface area contributed by atoms with Gasteiger partial charge in [-0.25, -0.2) is 0 Å². The van der Waals surface area contributed by atoms with Crippen LogP contribution in [0.4, 0.5) is 0 Å². The standard InChI is InChI=1S/C10H11ClN4O/c11-7-1-2-9-13-14-10(15(9)5-7)8-6-16-4-3-12-8/h1-2,5,8,12H,3-4,6H2. The predicted molar refractivity (Wildman–Crippen MR) is 59.6 cm³/mol. The lowest BCUT2D eigenvalue weighted by molar-refractivity contribution is 0.0739. The van der Waals surface area contributed by atoms with E-state index in [1.807, 2.05) is 16.7 Å². The maximum atomic E-state index is 5.96. The summed E-state index contributed by atoms with van der Waals surface area (Å²) in [6.07, 6.45) is 1.82. The molecule has 5 nitrogen and oxygen atoms in total. The lowest BCUT2D eigenvalue weighted by atomic mass is 10.2. The summed E-state index contributed by atoms with van der Waals surface area (Å²) < 4.78 is 7.31. The minimum absolute atomic E-state index is 0.0854. The molecule has 6 heteroatoms. The van der Waals surface area contributed by atoms with Crippen LogP contribution in [-0.2, 0) is 4.74 Å². The van der Waals surface area contributed by atoms with Crippen molar-refractivity contribution in [2.45, 2.75) is 6.04 Å². The summed E-state index contributed by atoms with van der Waals surface area (Å²) in [5.74, 6) is 0.845. The van der Waals surface area contributed by atoms with Crippen molar-refractivity contribution in [2.24, 2.45) is 0 Å². The minimum Gasteiger partial charge on any atom is -0.378 e. The molecule has 0 radical (unpaired) electrons. The largest absolute Gasteiger partial charge is 0.378 e. The summed E-state index contributed by atoms with van der Waals surface area (Å²) in [6.45, 7) is 2.20. The molecule has 2 aromatic rings. The molecule has 0 spiro atoms. The summed E-state index contributed by atoms with van der Waals surface area (Å²) in [7, 11) is 0. The summed E-state index contributed by atoms with van der Waals surface area (Å²) >= 11 is 5.96. The molecule has 1 fully saturated rings. The van der Waals surface area contributed by atoms with Gasteiger partial charge in [-0.1, -0.05) is 11.6 Å². The van der Waals surface area contributed by atoms with Gasteiger partial charge in [0.1, 0.15) is 0 Å². The van der Waals surface area contributed by atoms with Crippen molar-refractivity contribution in [3.63, 3.8) is 0 Å². The molecule has 84 valence electrons. The first kappa shape index (κ1) is 10.0. The van der Waals surface area contributed by atoms with Crippen LogP contribution in [0.25, 0.3) is 5.65 Å². The molecule has 2 aromatic heterocycles. The fraction of sp³-hybridized carbons (Fsp3) is 0.400. The molecule has 1 aliphatic rings. The lowest BCUT2D eigenvalue weighted by Gasteiger charge is -2.22. The van der Waals surface area contributed by atoms with Gasteiger partial charge in [-0.05, 0) is 12.1 Å². The van der Waals surface area contributed by atoms with Gasteiger partial charge in [0, 0.05) is 12.7 Å². The summed E-state index contributed by atoms with van der Waals surface area (Å²) in [5, 5.41) is 12.3. The van der Waals surface area contributed by atoms with Crippen LogP contribution in [0.3, 0.4) is 0 Å². The summed E-state index contributed by atoms with van der Waals surface area (Å²) in [4.78, 5) is 0. The Kier molecular flexibility index (Phi) is 2.51. The van der Waals surface area contributed by atoms with E-state index in [2.05, 4.69) is 15.5 Å². The Morgan fingerprint density at radius 1 is 1.44 bits per heavy atom. The lowest BCUT2D eigenvalue weighted by Crippen LogP contribution is -2.35. The SMILES string of the molecule is Clc1ccc2nnc(C3COCCN3)n2c1. The number of halogens is 1. The van der Waals surface area contributed by atoms with E-state index < -0.39 is 0 Å². The highest BCUT2D eigenvalue weighted by atomic mass is 35.5. The molecule has 16 heavy (non-hydrogen) atoms. The fourth-order valence-electron chi connectivity index (χ4n) is 1.85. The molecule has 1 aliphatic heterocycles. The Balaban J connectivity index is 2.05. The third-order valence-corrected chi connectivity index (χ3v) is 2.85. The number of hydrogen-bond acceptors (Lipinski definition) is 4. The third kappa shape index (κ3) is 1.67. The van der Waals surface area contributed by atoms with Crippen LogP contribution in [0.5, 0.6) is 0 Å². The Morgan fingerprint density at radius 3 is 3.19 bits per heavy atom. The van der Waals surface area contributed by atoms with Crippen LogP contribution in [0.1, 0.15) is 11.9 Å². The van der Waals surface area contributed by atoms with Gasteiger partial charge < -0.3 is 10.1 Å². The van der Waals surface area contributed by atoms with E-state index in [4.69, 9.17) is 16.3 Å². The number of pyridine rings is 1. The smallest absolute Gasteiger partial charge is 0.160 e. The number of nitrogens with zero attached hydrogens (tertiary/aromatic N) is 3. The number of rotatable bonds is 1. The Hall–Kier alpha value is -1.17. The first-order chi connectivity index (χ1) is 7.84. The summed E-state index contributed by atoms with van der Waals surface area (Å²) in [6, 6.07) is 3.74. The molecule has 0 amide bonds. The second-order valence-electron chi connectivity index (χ2n) is 3.72. The molecule has 3 heterocycles. The number of aromatic nitrogens is 3. The topological polar surface area (TPSA) is 51.5 Å². The van der Waals surface area contributed by atoms with Crippen molar-refractivity contribution in [1.29, 1.82) is 0 Å². The van der Waals surface area contributed by atoms with Crippen LogP contribution in [0.15, 0.2) is 18.3 Å². The van der Waals surface area contributed by atoms with Gasteiger partial charge in [-0.15, -0.1) is 10.2 Å². The van der Waals surface area contributed by atoms with Gasteiger partial charge >= 0.3 is 0 Å². The molecular formula is C10H11ClN4O. The summed E-state index contributed by atoms with van der Waals surface area (Å²) in [5.41, 5.74) is 0.798. The van der Waals surface area contributed by atoms with Crippen molar-refractivity contribution in [3.8, 4) is 0 Å². The van der Waals surface area contributed by atoms with E-state index in [9.17, 15) is 0 Å². The highest BCUT2D eigenvalue weighted by molar-refractivity contribution is 6.30. The van der Waals surface area contributed by atoms with Crippen LogP contribution in [0.2, 0.25) is 5.02 Å². The van der Waals surface area contributed by atoms with Crippen molar-refractivity contribution in [1.82, 2.24) is 19.9 Å². The van der Waals surface area contributed by atoms with Gasteiger partial charge in [0.05, 0.1) is 24.3 Å². The molecule has 0 aromatic carbocycles. The normalized spacial score (nSPS) is 21.4. The van der Waals surface area contributed by atoms with Gasteiger partial charge in [-0.2, -0.15) is 0 Å². The zero-order chi connectivity index (χ0) is 11.0. The van der Waals surface area contributed by atoms with E-state index in [0.29, 0.717) is 11.6 Å². The highest BCUT2D eigenvalue weighted by Crippen LogP contribution is 2.17. The third-order valence-electron chi connectivity index (χ3n) is 2.63. The van der Waals surface area contributed by atoms with Gasteiger partial charge in [0.25, 0.3) is 0 Å². The van der Waals surface area contributed by atoms with Crippen molar-refractivity contribution < 1.29 is 4.74 Å². The number of fused-ring (bicyclic) bond motifs is 1. The fourth-order valence-corrected chi connectivity index (χ4v) is 2.01. The molecular weight excluding hydrogens is 228 g/mol. The maximum absolute atomic E-state index is 5.96. The molecule has 0 aliphatic carbocycles. The number of morpholine rings is 1. The quantitative estimate of drug-likeness (QED) is 0.807. The van der Waals surface area contributed by atoms with Gasteiger partial charge in [-0.3, -0.25) is 4.40 Å². The van der Waals surface area contributed by atoms with E-state index in [-0.39, 0.29) is 6.04 Å². The van der Waals surface area contributed by atoms with Gasteiger partial charge in [0.2, 0.25) is 0 Å². The molecule has 1 saturated heterocycles. The Labute approximate surface area is 97.4 Å². The van der Waals surface area contributed by atoms with Crippen LogP contribution in [0, 0.1) is 0 Å². The Bertz CT molecular complexity index is 506. The zero-order valence-electron chi connectivity index (χ0n) is 8.56. The second kappa shape index (κ2) is 4.01. The second-order valence-corrected chi connectivity index (χ2v) is 4.15. The van der Waals surface area contributed by atoms with Crippen LogP contribution in [-0.4, -0.2) is 34.4 Å². The molecule has 3 rings (SSSR count). The number of ether oxygens (including phenoxy) is 1. The number of hydrogen-bond donors (Lipinski definition) is 1. The Morgan fingerprint density at radius 2 is 2.38 bits per heavy atom. The average Bonchev–Trinajstić information content (AvgIpc) is 2.73.